The van der Waals surface area contributed by atoms with Crippen molar-refractivity contribution in [2.45, 2.75) is 32.7 Å². The van der Waals surface area contributed by atoms with E-state index in [0.29, 0.717) is 30.2 Å². The van der Waals surface area contributed by atoms with Crippen LogP contribution < -0.4 is 11.1 Å². The van der Waals surface area contributed by atoms with Gasteiger partial charge in [-0.2, -0.15) is 4.98 Å². The predicted octanol–water partition coefficient (Wildman–Crippen LogP) is 2.02. The minimum Gasteiger partial charge on any atom is -0.383 e. The van der Waals surface area contributed by atoms with Crippen LogP contribution in [0.25, 0.3) is 0 Å². The van der Waals surface area contributed by atoms with E-state index in [-0.39, 0.29) is 23.6 Å². The van der Waals surface area contributed by atoms with Crippen LogP contribution in [-0.2, 0) is 4.79 Å². The number of nitrogen functional groups attached to an aromatic ring is 1. The molecule has 7 nitrogen and oxygen atoms in total. The van der Waals surface area contributed by atoms with Gasteiger partial charge in [0.1, 0.15) is 5.82 Å². The van der Waals surface area contributed by atoms with E-state index >= 15 is 0 Å². The number of anilines is 2. The lowest BCUT2D eigenvalue weighted by Crippen LogP contribution is -2.41. The van der Waals surface area contributed by atoms with Crippen LogP contribution in [0, 0.1) is 6.92 Å². The molecule has 3 rings (SSSR count). The van der Waals surface area contributed by atoms with Crippen LogP contribution in [0.15, 0.2) is 30.5 Å². The van der Waals surface area contributed by atoms with Gasteiger partial charge in [0.25, 0.3) is 0 Å². The lowest BCUT2D eigenvalue weighted by Gasteiger charge is -2.31. The van der Waals surface area contributed by atoms with Gasteiger partial charge >= 0.3 is 0 Å². The number of ketones is 1. The maximum Gasteiger partial charge on any atom is 0.224 e. The van der Waals surface area contributed by atoms with Crippen molar-refractivity contribution in [2.24, 2.45) is 0 Å². The molecule has 0 aliphatic carbocycles. The van der Waals surface area contributed by atoms with Gasteiger partial charge in [0.05, 0.1) is 5.56 Å². The normalized spacial score (nSPS) is 14.9. The number of nitrogens with zero attached hydrogens (tertiary/aromatic N) is 3. The average molecular weight is 353 g/mol. The molecule has 0 bridgehead atoms. The van der Waals surface area contributed by atoms with Crippen molar-refractivity contribution in [3.63, 3.8) is 0 Å². The number of hydrogen-bond acceptors (Lipinski definition) is 6. The van der Waals surface area contributed by atoms with Crippen LogP contribution >= 0.6 is 0 Å². The fourth-order valence-corrected chi connectivity index (χ4v) is 3.02. The van der Waals surface area contributed by atoms with Gasteiger partial charge in [-0.15, -0.1) is 0 Å². The quantitative estimate of drug-likeness (QED) is 0.816. The van der Waals surface area contributed by atoms with Crippen LogP contribution in [0.2, 0.25) is 0 Å². The Kier molecular flexibility index (Phi) is 5.16. The van der Waals surface area contributed by atoms with E-state index in [2.05, 4.69) is 15.3 Å². The number of nitrogens with two attached hydrogens (primary N) is 1. The van der Waals surface area contributed by atoms with Crippen molar-refractivity contribution < 1.29 is 9.59 Å². The monoisotopic (exact) mass is 353 g/mol. The molecule has 1 aliphatic heterocycles. The summed E-state index contributed by atoms with van der Waals surface area (Å²) in [6, 6.07) is 7.49. The summed E-state index contributed by atoms with van der Waals surface area (Å²) >= 11 is 0. The number of aryl methyl sites for hydroxylation is 1. The van der Waals surface area contributed by atoms with Gasteiger partial charge in [-0.25, -0.2) is 4.98 Å². The summed E-state index contributed by atoms with van der Waals surface area (Å²) in [6.45, 7) is 4.98. The van der Waals surface area contributed by atoms with Crippen molar-refractivity contribution >= 4 is 23.5 Å². The first-order valence-corrected chi connectivity index (χ1v) is 8.70. The van der Waals surface area contributed by atoms with Crippen molar-refractivity contribution in [1.29, 1.82) is 0 Å². The smallest absolute Gasteiger partial charge is 0.224 e. The molecule has 0 unspecified atom stereocenters. The Labute approximate surface area is 152 Å². The number of benzene rings is 1. The molecular weight excluding hydrogens is 330 g/mol. The van der Waals surface area contributed by atoms with Gasteiger partial charge in [0.2, 0.25) is 11.9 Å². The highest BCUT2D eigenvalue weighted by Crippen LogP contribution is 2.18. The Morgan fingerprint density at radius 3 is 2.42 bits per heavy atom. The van der Waals surface area contributed by atoms with E-state index in [1.54, 1.807) is 19.1 Å². The zero-order chi connectivity index (χ0) is 18.7. The molecule has 7 heteroatoms. The molecule has 1 amide bonds. The third-order valence-electron chi connectivity index (χ3n) is 4.65. The number of rotatable bonds is 4. The Hall–Kier alpha value is -2.96. The van der Waals surface area contributed by atoms with Gasteiger partial charge in [-0.05, 0) is 19.8 Å². The SMILES string of the molecule is CC(=O)N1CCC(Nc2ncc(C(=O)c3ccc(C)cc3)c(N)n2)CC1. The second-order valence-electron chi connectivity index (χ2n) is 6.61. The average Bonchev–Trinajstić information content (AvgIpc) is 2.62. The molecule has 3 N–H and O–H groups in total. The molecule has 0 radical (unpaired) electrons. The highest BCUT2D eigenvalue weighted by Gasteiger charge is 2.22. The standard InChI is InChI=1S/C19H23N5O2/c1-12-3-5-14(6-4-12)17(26)16-11-21-19(23-18(16)20)22-15-7-9-24(10-8-15)13(2)25/h3-6,11,15H,7-10H2,1-2H3,(H3,20,21,22,23). The van der Waals surface area contributed by atoms with Crippen molar-refractivity contribution in [2.75, 3.05) is 24.1 Å². The van der Waals surface area contributed by atoms with Gasteiger partial charge in [-0.3, -0.25) is 9.59 Å². The van der Waals surface area contributed by atoms with Crippen molar-refractivity contribution in [3.05, 3.63) is 47.2 Å². The third-order valence-corrected chi connectivity index (χ3v) is 4.65. The van der Waals surface area contributed by atoms with Crippen LogP contribution in [0.5, 0.6) is 0 Å². The van der Waals surface area contributed by atoms with E-state index < -0.39 is 0 Å². The molecular formula is C19H23N5O2. The molecule has 1 fully saturated rings. The minimum absolute atomic E-state index is 0.0999. The summed E-state index contributed by atoms with van der Waals surface area (Å²) in [6.07, 6.45) is 3.12. The van der Waals surface area contributed by atoms with Gasteiger partial charge in [-0.1, -0.05) is 29.8 Å². The van der Waals surface area contributed by atoms with Gasteiger partial charge in [0, 0.05) is 37.8 Å². The second kappa shape index (κ2) is 7.51. The van der Waals surface area contributed by atoms with E-state index in [9.17, 15) is 9.59 Å². The molecule has 1 aromatic carbocycles. The topological polar surface area (TPSA) is 101 Å². The van der Waals surface area contributed by atoms with E-state index in [1.165, 1.54) is 6.20 Å². The van der Waals surface area contributed by atoms with Gasteiger partial charge < -0.3 is 16.0 Å². The molecule has 1 aliphatic rings. The van der Waals surface area contributed by atoms with Crippen LogP contribution in [0.3, 0.4) is 0 Å². The number of amides is 1. The molecule has 2 aromatic rings. The largest absolute Gasteiger partial charge is 0.383 e. The summed E-state index contributed by atoms with van der Waals surface area (Å²) in [7, 11) is 0. The molecule has 0 spiro atoms. The Morgan fingerprint density at radius 2 is 1.85 bits per heavy atom. The first-order chi connectivity index (χ1) is 12.4. The highest BCUT2D eigenvalue weighted by molar-refractivity contribution is 6.11. The van der Waals surface area contributed by atoms with Crippen LogP contribution in [0.1, 0.15) is 41.3 Å². The molecule has 2 heterocycles. The van der Waals surface area contributed by atoms with E-state index in [4.69, 9.17) is 5.73 Å². The number of nitrogens with one attached hydrogen (secondary N) is 1. The van der Waals surface area contributed by atoms with Crippen LogP contribution in [0.4, 0.5) is 11.8 Å². The van der Waals surface area contributed by atoms with E-state index in [0.717, 1.165) is 18.4 Å². The third kappa shape index (κ3) is 3.99. The fourth-order valence-electron chi connectivity index (χ4n) is 3.02. The predicted molar refractivity (Wildman–Crippen MR) is 100.0 cm³/mol. The number of piperidine rings is 1. The molecule has 136 valence electrons. The Bertz CT molecular complexity index is 811. The number of hydrogen-bond donors (Lipinski definition) is 2. The number of likely N-dealkylation sites (tertiary alicyclic amines) is 1. The first kappa shape index (κ1) is 17.8. The maximum atomic E-state index is 12.6. The van der Waals surface area contributed by atoms with E-state index in [1.807, 2.05) is 24.0 Å². The van der Waals surface area contributed by atoms with Crippen molar-refractivity contribution in [3.8, 4) is 0 Å². The number of aromatic nitrogens is 2. The summed E-state index contributed by atoms with van der Waals surface area (Å²) < 4.78 is 0. The molecule has 0 saturated carbocycles. The summed E-state index contributed by atoms with van der Waals surface area (Å²) in [4.78, 5) is 34.3. The number of carbonyl (C=O) groups is 2. The maximum absolute atomic E-state index is 12.6. The summed E-state index contributed by atoms with van der Waals surface area (Å²) in [5.41, 5.74) is 7.93. The first-order valence-electron chi connectivity index (χ1n) is 8.70. The lowest BCUT2D eigenvalue weighted by molar-refractivity contribution is -0.129. The summed E-state index contributed by atoms with van der Waals surface area (Å²) in [5.74, 6) is 0.477. The molecule has 1 aromatic heterocycles. The summed E-state index contributed by atoms with van der Waals surface area (Å²) in [5, 5.41) is 3.24. The molecule has 1 saturated heterocycles. The molecule has 0 atom stereocenters. The zero-order valence-electron chi connectivity index (χ0n) is 15.0. The number of carbonyl (C=O) groups excluding carboxylic acids is 2. The fraction of sp³-hybridized carbons (Fsp3) is 0.368. The second-order valence-corrected chi connectivity index (χ2v) is 6.61. The van der Waals surface area contributed by atoms with Crippen molar-refractivity contribution in [1.82, 2.24) is 14.9 Å². The zero-order valence-corrected chi connectivity index (χ0v) is 15.0. The van der Waals surface area contributed by atoms with Crippen LogP contribution in [-0.4, -0.2) is 45.7 Å². The Morgan fingerprint density at radius 1 is 1.19 bits per heavy atom. The highest BCUT2D eigenvalue weighted by atomic mass is 16.2. The minimum atomic E-state index is -0.191. The molecule has 26 heavy (non-hydrogen) atoms. The Balaban J connectivity index is 1.67. The lowest BCUT2D eigenvalue weighted by atomic mass is 10.0. The van der Waals surface area contributed by atoms with Gasteiger partial charge in [0.15, 0.2) is 5.78 Å².